The Morgan fingerprint density at radius 3 is 2.41 bits per heavy atom. The topological polar surface area (TPSA) is 103 Å². The molecule has 154 valence electrons. The first-order chi connectivity index (χ1) is 12.8. The van der Waals surface area contributed by atoms with Crippen molar-refractivity contribution in [2.24, 2.45) is 5.92 Å². The quantitative estimate of drug-likeness (QED) is 0.653. The Morgan fingerprint density at radius 2 is 1.78 bits per heavy atom. The van der Waals surface area contributed by atoms with Crippen LogP contribution in [0, 0.1) is 5.92 Å². The molecule has 0 radical (unpaired) electrons. The summed E-state index contributed by atoms with van der Waals surface area (Å²) in [6.07, 6.45) is 4.66. The van der Waals surface area contributed by atoms with Gasteiger partial charge < -0.3 is 24.8 Å². The van der Waals surface area contributed by atoms with E-state index in [1.165, 1.54) is 13.3 Å². The molecule has 2 fully saturated rings. The van der Waals surface area contributed by atoms with Crippen molar-refractivity contribution in [3.63, 3.8) is 0 Å². The van der Waals surface area contributed by atoms with Crippen molar-refractivity contribution in [3.05, 3.63) is 0 Å². The van der Waals surface area contributed by atoms with Crippen LogP contribution in [0.1, 0.15) is 65.7 Å². The number of nitrogens with one attached hydrogen (secondary N) is 2. The molecule has 8 heteroatoms. The third kappa shape index (κ3) is 7.36. The second kappa shape index (κ2) is 10.5. The fourth-order valence-corrected chi connectivity index (χ4v) is 3.48. The lowest BCUT2D eigenvalue weighted by molar-refractivity contribution is -0.170. The van der Waals surface area contributed by atoms with Crippen LogP contribution in [0.3, 0.4) is 0 Å². The molecule has 3 atom stereocenters. The van der Waals surface area contributed by atoms with E-state index in [1.54, 1.807) is 0 Å². The van der Waals surface area contributed by atoms with Crippen LogP contribution in [0.25, 0.3) is 0 Å². The Balaban J connectivity index is 1.90. The van der Waals surface area contributed by atoms with Crippen molar-refractivity contribution in [2.75, 3.05) is 6.61 Å². The van der Waals surface area contributed by atoms with Gasteiger partial charge in [-0.25, -0.2) is 4.79 Å². The van der Waals surface area contributed by atoms with Crippen LogP contribution < -0.4 is 10.6 Å². The Hall–Kier alpha value is -1.83. The molecule has 0 aromatic carbocycles. The third-order valence-electron chi connectivity index (χ3n) is 4.79. The first kappa shape index (κ1) is 21.5. The summed E-state index contributed by atoms with van der Waals surface area (Å²) in [6, 6.07) is -1.13. The molecule has 2 aliphatic rings. The molecule has 0 unspecified atom stereocenters. The van der Waals surface area contributed by atoms with Gasteiger partial charge in [-0.1, -0.05) is 20.3 Å². The van der Waals surface area contributed by atoms with Crippen LogP contribution in [0.15, 0.2) is 0 Å². The molecule has 2 amide bonds. The highest BCUT2D eigenvalue weighted by atomic mass is 16.7. The van der Waals surface area contributed by atoms with Crippen molar-refractivity contribution in [2.45, 2.75) is 90.2 Å². The molecule has 0 spiro atoms. The van der Waals surface area contributed by atoms with Gasteiger partial charge in [0.2, 0.25) is 12.2 Å². The van der Waals surface area contributed by atoms with Crippen molar-refractivity contribution in [1.29, 1.82) is 0 Å². The predicted octanol–water partition coefficient (Wildman–Crippen LogP) is 2.25. The largest absolute Gasteiger partial charge is 0.446 e. The SMILES string of the molecule is CC(=O)O[C@@H]1OCC[C@@H]1NC(=O)[C@H](CC(C)C)NC(=O)OC1CCCCC1. The zero-order valence-corrected chi connectivity index (χ0v) is 16.5. The lowest BCUT2D eigenvalue weighted by Crippen LogP contribution is -2.52. The fraction of sp³-hybridized carbons (Fsp3) is 0.842. The van der Waals surface area contributed by atoms with E-state index in [9.17, 15) is 14.4 Å². The Morgan fingerprint density at radius 1 is 1.07 bits per heavy atom. The highest BCUT2D eigenvalue weighted by Crippen LogP contribution is 2.20. The lowest BCUT2D eigenvalue weighted by Gasteiger charge is -2.26. The number of alkyl carbamates (subject to hydrolysis) is 1. The summed E-state index contributed by atoms with van der Waals surface area (Å²) in [5.41, 5.74) is 0. The maximum absolute atomic E-state index is 12.7. The molecule has 1 aliphatic carbocycles. The van der Waals surface area contributed by atoms with Crippen molar-refractivity contribution >= 4 is 18.0 Å². The number of rotatable bonds is 7. The molecule has 1 saturated carbocycles. The number of carbonyl (C=O) groups excluding carboxylic acids is 3. The molecule has 1 heterocycles. The summed E-state index contributed by atoms with van der Waals surface area (Å²) in [6.45, 7) is 5.66. The second-order valence-corrected chi connectivity index (χ2v) is 7.74. The normalized spacial score (nSPS) is 24.3. The number of hydrogen-bond acceptors (Lipinski definition) is 6. The summed E-state index contributed by atoms with van der Waals surface area (Å²) in [5.74, 6) is -0.578. The lowest BCUT2D eigenvalue weighted by atomic mass is 9.98. The van der Waals surface area contributed by atoms with Crippen LogP contribution in [0.2, 0.25) is 0 Å². The summed E-state index contributed by atoms with van der Waals surface area (Å²) < 4.78 is 15.9. The van der Waals surface area contributed by atoms with E-state index in [0.717, 1.165) is 25.7 Å². The molecule has 0 aromatic heterocycles. The minimum Gasteiger partial charge on any atom is -0.446 e. The number of amides is 2. The van der Waals surface area contributed by atoms with Crippen LogP contribution in [0.5, 0.6) is 0 Å². The average Bonchev–Trinajstić information content (AvgIpc) is 3.00. The van der Waals surface area contributed by atoms with Gasteiger partial charge >= 0.3 is 12.1 Å². The van der Waals surface area contributed by atoms with E-state index in [4.69, 9.17) is 14.2 Å². The first-order valence-electron chi connectivity index (χ1n) is 9.91. The third-order valence-corrected chi connectivity index (χ3v) is 4.79. The molecule has 27 heavy (non-hydrogen) atoms. The summed E-state index contributed by atoms with van der Waals surface area (Å²) in [7, 11) is 0. The molecular weight excluding hydrogens is 352 g/mol. The number of ether oxygens (including phenoxy) is 3. The maximum Gasteiger partial charge on any atom is 0.408 e. The molecular formula is C19H32N2O6. The molecule has 2 N–H and O–H groups in total. The monoisotopic (exact) mass is 384 g/mol. The molecule has 0 bridgehead atoms. The van der Waals surface area contributed by atoms with Crippen molar-refractivity contribution in [3.8, 4) is 0 Å². The first-order valence-corrected chi connectivity index (χ1v) is 9.91. The second-order valence-electron chi connectivity index (χ2n) is 7.74. The standard InChI is InChI=1S/C19H32N2O6/c1-12(2)11-16(21-19(24)27-14-7-5-4-6-8-14)17(23)20-15-9-10-25-18(15)26-13(3)22/h12,14-16,18H,4-11H2,1-3H3,(H,20,23)(H,21,24)/t15-,16-,18-/m0/s1. The van der Waals surface area contributed by atoms with Gasteiger partial charge in [-0.3, -0.25) is 9.59 Å². The van der Waals surface area contributed by atoms with E-state index in [-0.39, 0.29) is 17.9 Å². The Labute approximate surface area is 160 Å². The number of esters is 1. The minimum atomic E-state index is -0.791. The smallest absolute Gasteiger partial charge is 0.408 e. The van der Waals surface area contributed by atoms with Crippen LogP contribution in [0.4, 0.5) is 4.79 Å². The summed E-state index contributed by atoms with van der Waals surface area (Å²) in [5, 5.41) is 5.54. The van der Waals surface area contributed by atoms with Crippen molar-refractivity contribution in [1.82, 2.24) is 10.6 Å². The van der Waals surface area contributed by atoms with Crippen molar-refractivity contribution < 1.29 is 28.6 Å². The summed E-state index contributed by atoms with van der Waals surface area (Å²) >= 11 is 0. The van der Waals surface area contributed by atoms with E-state index in [2.05, 4.69) is 10.6 Å². The van der Waals surface area contributed by atoms with Crippen LogP contribution >= 0.6 is 0 Å². The van der Waals surface area contributed by atoms with Gasteiger partial charge in [-0.2, -0.15) is 0 Å². The van der Waals surface area contributed by atoms with Crippen LogP contribution in [-0.4, -0.2) is 49.1 Å². The van der Waals surface area contributed by atoms with E-state index in [1.807, 2.05) is 13.8 Å². The van der Waals surface area contributed by atoms with Gasteiger partial charge in [0.1, 0.15) is 12.1 Å². The van der Waals surface area contributed by atoms with Gasteiger partial charge in [0, 0.05) is 6.92 Å². The van der Waals surface area contributed by atoms with Gasteiger partial charge in [-0.15, -0.1) is 0 Å². The highest BCUT2D eigenvalue weighted by Gasteiger charge is 2.34. The summed E-state index contributed by atoms with van der Waals surface area (Å²) in [4.78, 5) is 36.1. The number of carbonyl (C=O) groups is 3. The van der Waals surface area contributed by atoms with Gasteiger partial charge in [0.25, 0.3) is 0 Å². The van der Waals surface area contributed by atoms with Gasteiger partial charge in [-0.05, 0) is 44.4 Å². The molecule has 1 saturated heterocycles. The zero-order chi connectivity index (χ0) is 19.8. The average molecular weight is 384 g/mol. The molecule has 2 rings (SSSR count). The maximum atomic E-state index is 12.7. The van der Waals surface area contributed by atoms with Gasteiger partial charge in [0.05, 0.1) is 12.6 Å². The molecule has 0 aromatic rings. The minimum absolute atomic E-state index is 0.0712. The van der Waals surface area contributed by atoms with Gasteiger partial charge in [0.15, 0.2) is 0 Å². The fourth-order valence-electron chi connectivity index (χ4n) is 3.48. The Kier molecular flexibility index (Phi) is 8.34. The molecule has 1 aliphatic heterocycles. The highest BCUT2D eigenvalue weighted by molar-refractivity contribution is 5.86. The van der Waals surface area contributed by atoms with E-state index < -0.39 is 30.4 Å². The molecule has 8 nitrogen and oxygen atoms in total. The Bertz CT molecular complexity index is 518. The zero-order valence-electron chi connectivity index (χ0n) is 16.5. The number of hydrogen-bond donors (Lipinski definition) is 2. The predicted molar refractivity (Wildman–Crippen MR) is 97.8 cm³/mol. The van der Waals surface area contributed by atoms with Crippen LogP contribution in [-0.2, 0) is 23.8 Å². The van der Waals surface area contributed by atoms with E-state index in [0.29, 0.717) is 19.4 Å². The van der Waals surface area contributed by atoms with E-state index >= 15 is 0 Å².